The molecule has 1 aromatic carbocycles. The molecular weight excluding hydrogens is 280 g/mol. The van der Waals surface area contributed by atoms with Crippen LogP contribution in [0.15, 0.2) is 24.3 Å². The lowest BCUT2D eigenvalue weighted by Gasteiger charge is -2.12. The number of aldehydes is 1. The van der Waals surface area contributed by atoms with E-state index in [2.05, 4.69) is 0 Å². The monoisotopic (exact) mass is 294 g/mol. The summed E-state index contributed by atoms with van der Waals surface area (Å²) < 4.78 is 9.85. The van der Waals surface area contributed by atoms with Crippen LogP contribution in [-0.2, 0) is 14.3 Å². The van der Waals surface area contributed by atoms with Gasteiger partial charge in [-0.05, 0) is 31.2 Å². The maximum absolute atomic E-state index is 11.4. The van der Waals surface area contributed by atoms with E-state index in [1.807, 2.05) is 0 Å². The van der Waals surface area contributed by atoms with Crippen molar-refractivity contribution in [1.82, 2.24) is 5.32 Å². The maximum atomic E-state index is 11.4. The number of imide groups is 1. The Morgan fingerprint density at radius 2 is 1.90 bits per heavy atom. The number of carbonyl (C=O) groups is 4. The second-order valence-corrected chi connectivity index (χ2v) is 3.96. The van der Waals surface area contributed by atoms with Crippen molar-refractivity contribution in [1.29, 1.82) is 0 Å². The predicted molar refractivity (Wildman–Crippen MR) is 70.6 cm³/mol. The molecule has 0 aliphatic carbocycles. The summed E-state index contributed by atoms with van der Waals surface area (Å²) in [6.45, 7) is 0.865. The van der Waals surface area contributed by atoms with E-state index in [4.69, 9.17) is 15.2 Å². The van der Waals surface area contributed by atoms with Gasteiger partial charge in [0.2, 0.25) is 0 Å². The van der Waals surface area contributed by atoms with Crippen molar-refractivity contribution in [3.05, 3.63) is 29.8 Å². The number of carbonyl (C=O) groups excluding carboxylic acids is 4. The van der Waals surface area contributed by atoms with Gasteiger partial charge in [-0.1, -0.05) is 0 Å². The second kappa shape index (κ2) is 7.63. The van der Waals surface area contributed by atoms with Crippen LogP contribution in [0.5, 0.6) is 5.75 Å². The lowest BCUT2D eigenvalue weighted by Crippen LogP contribution is -2.42. The largest absolute Gasteiger partial charge is 0.482 e. The molecule has 0 spiro atoms. The fourth-order valence-corrected chi connectivity index (χ4v) is 1.29. The van der Waals surface area contributed by atoms with Crippen LogP contribution >= 0.6 is 0 Å². The van der Waals surface area contributed by atoms with Crippen molar-refractivity contribution >= 4 is 24.2 Å². The van der Waals surface area contributed by atoms with E-state index >= 15 is 0 Å². The van der Waals surface area contributed by atoms with E-state index in [0.717, 1.165) is 0 Å². The SMILES string of the molecule is CC(OC(=O)COc1ccc(C=O)cc1)C(=O)NC(N)=O. The third kappa shape index (κ3) is 5.72. The van der Waals surface area contributed by atoms with E-state index in [1.165, 1.54) is 31.2 Å². The highest BCUT2D eigenvalue weighted by Gasteiger charge is 2.19. The lowest BCUT2D eigenvalue weighted by molar-refractivity contribution is -0.156. The molecule has 1 aromatic rings. The van der Waals surface area contributed by atoms with Crippen molar-refractivity contribution in [2.75, 3.05) is 6.61 Å². The molecule has 1 rings (SSSR count). The van der Waals surface area contributed by atoms with Crippen LogP contribution < -0.4 is 15.8 Å². The molecule has 0 aromatic heterocycles. The molecule has 21 heavy (non-hydrogen) atoms. The standard InChI is InChI=1S/C13H14N2O6/c1-8(12(18)15-13(14)19)21-11(17)7-20-10-4-2-9(6-16)3-5-10/h2-6,8H,7H2,1H3,(H3,14,15,18,19). The number of primary amides is 1. The first-order valence-corrected chi connectivity index (χ1v) is 5.90. The van der Waals surface area contributed by atoms with Gasteiger partial charge in [-0.3, -0.25) is 14.9 Å². The highest BCUT2D eigenvalue weighted by atomic mass is 16.6. The number of amides is 3. The summed E-state index contributed by atoms with van der Waals surface area (Å²) in [7, 11) is 0. The first-order chi connectivity index (χ1) is 9.92. The zero-order valence-corrected chi connectivity index (χ0v) is 11.2. The fraction of sp³-hybridized carbons (Fsp3) is 0.231. The highest BCUT2D eigenvalue weighted by Crippen LogP contribution is 2.11. The number of nitrogens with one attached hydrogen (secondary N) is 1. The molecule has 0 aliphatic heterocycles. The molecule has 1 unspecified atom stereocenters. The minimum atomic E-state index is -1.17. The number of esters is 1. The summed E-state index contributed by atoms with van der Waals surface area (Å²) in [4.78, 5) is 43.6. The number of nitrogens with two attached hydrogens (primary N) is 1. The highest BCUT2D eigenvalue weighted by molar-refractivity contribution is 5.96. The van der Waals surface area contributed by atoms with Gasteiger partial charge in [0.25, 0.3) is 5.91 Å². The van der Waals surface area contributed by atoms with Crippen molar-refractivity contribution in [3.63, 3.8) is 0 Å². The molecule has 8 heteroatoms. The second-order valence-electron chi connectivity index (χ2n) is 3.96. The van der Waals surface area contributed by atoms with Crippen LogP contribution in [-0.4, -0.2) is 36.9 Å². The van der Waals surface area contributed by atoms with Crippen molar-refractivity contribution < 1.29 is 28.7 Å². The summed E-state index contributed by atoms with van der Waals surface area (Å²) in [5, 5.41) is 1.78. The van der Waals surface area contributed by atoms with Gasteiger partial charge in [0, 0.05) is 5.56 Å². The van der Waals surface area contributed by atoms with E-state index < -0.39 is 30.6 Å². The van der Waals surface area contributed by atoms with E-state index in [9.17, 15) is 19.2 Å². The zero-order chi connectivity index (χ0) is 15.8. The summed E-state index contributed by atoms with van der Waals surface area (Å²) in [6.07, 6.45) is -0.497. The summed E-state index contributed by atoms with van der Waals surface area (Å²) >= 11 is 0. The Bertz CT molecular complexity index is 540. The van der Waals surface area contributed by atoms with Crippen LogP contribution in [0.2, 0.25) is 0 Å². The number of rotatable bonds is 6. The molecular formula is C13H14N2O6. The zero-order valence-electron chi connectivity index (χ0n) is 11.2. The molecule has 0 saturated heterocycles. The average molecular weight is 294 g/mol. The summed E-state index contributed by atoms with van der Waals surface area (Å²) in [5.74, 6) is -1.25. The number of urea groups is 1. The van der Waals surface area contributed by atoms with Crippen LogP contribution in [0.25, 0.3) is 0 Å². The molecule has 8 nitrogen and oxygen atoms in total. The maximum Gasteiger partial charge on any atom is 0.344 e. The average Bonchev–Trinajstić information content (AvgIpc) is 2.44. The van der Waals surface area contributed by atoms with Gasteiger partial charge in [-0.25, -0.2) is 9.59 Å². The van der Waals surface area contributed by atoms with Gasteiger partial charge >= 0.3 is 12.0 Å². The molecule has 0 saturated carbocycles. The van der Waals surface area contributed by atoms with Crippen molar-refractivity contribution in [2.45, 2.75) is 13.0 Å². The van der Waals surface area contributed by atoms with Gasteiger partial charge in [0.1, 0.15) is 12.0 Å². The predicted octanol–water partition coefficient (Wildman–Crippen LogP) is 0.00450. The van der Waals surface area contributed by atoms with Crippen molar-refractivity contribution in [2.24, 2.45) is 5.73 Å². The normalized spacial score (nSPS) is 11.1. The number of ether oxygens (including phenoxy) is 2. The quantitative estimate of drug-likeness (QED) is 0.562. The van der Waals surface area contributed by atoms with Crippen LogP contribution in [0, 0.1) is 0 Å². The van der Waals surface area contributed by atoms with E-state index in [1.54, 1.807) is 5.32 Å². The van der Waals surface area contributed by atoms with E-state index in [-0.39, 0.29) is 0 Å². The molecule has 0 heterocycles. The molecule has 0 radical (unpaired) electrons. The van der Waals surface area contributed by atoms with Gasteiger partial charge < -0.3 is 15.2 Å². The number of benzene rings is 1. The topological polar surface area (TPSA) is 125 Å². The van der Waals surface area contributed by atoms with Crippen LogP contribution in [0.3, 0.4) is 0 Å². The molecule has 0 aliphatic rings. The molecule has 0 bridgehead atoms. The summed E-state index contributed by atoms with van der Waals surface area (Å²) in [6, 6.07) is 5.04. The molecule has 3 N–H and O–H groups in total. The smallest absolute Gasteiger partial charge is 0.344 e. The molecule has 1 atom stereocenters. The van der Waals surface area contributed by atoms with E-state index in [0.29, 0.717) is 17.6 Å². The van der Waals surface area contributed by atoms with Crippen molar-refractivity contribution in [3.8, 4) is 5.75 Å². The number of hydrogen-bond donors (Lipinski definition) is 2. The Balaban J connectivity index is 2.41. The third-order valence-electron chi connectivity index (χ3n) is 2.30. The Hall–Kier alpha value is -2.90. The van der Waals surface area contributed by atoms with Gasteiger partial charge in [-0.15, -0.1) is 0 Å². The first kappa shape index (κ1) is 16.2. The number of hydrogen-bond acceptors (Lipinski definition) is 6. The Kier molecular flexibility index (Phi) is 5.87. The lowest BCUT2D eigenvalue weighted by atomic mass is 10.2. The molecule has 3 amide bonds. The van der Waals surface area contributed by atoms with Gasteiger partial charge in [0.05, 0.1) is 0 Å². The van der Waals surface area contributed by atoms with Gasteiger partial charge in [-0.2, -0.15) is 0 Å². The minimum Gasteiger partial charge on any atom is -0.482 e. The van der Waals surface area contributed by atoms with Crippen LogP contribution in [0.4, 0.5) is 4.79 Å². The summed E-state index contributed by atoms with van der Waals surface area (Å²) in [5.41, 5.74) is 5.23. The molecule has 0 fully saturated rings. The third-order valence-corrected chi connectivity index (χ3v) is 2.30. The fourth-order valence-electron chi connectivity index (χ4n) is 1.29. The minimum absolute atomic E-state index is 0.367. The first-order valence-electron chi connectivity index (χ1n) is 5.90. The Labute approximate surface area is 120 Å². The Morgan fingerprint density at radius 3 is 2.43 bits per heavy atom. The Morgan fingerprint density at radius 1 is 1.29 bits per heavy atom. The molecule has 112 valence electrons. The van der Waals surface area contributed by atoms with Crippen LogP contribution in [0.1, 0.15) is 17.3 Å². The van der Waals surface area contributed by atoms with Gasteiger partial charge in [0.15, 0.2) is 12.7 Å².